The minimum atomic E-state index is -3.90. The first-order valence-corrected chi connectivity index (χ1v) is 10.9. The monoisotopic (exact) mass is 466 g/mol. The number of hydrogen-bond donors (Lipinski definition) is 1. The SMILES string of the molecule is Cc1ccc(CN(Cc2ccc(C(=O)N[O-])cc2)S(=O)(=O)c2ccccc2Cl)cc1.[Na+]. The molecule has 156 valence electrons. The normalized spacial score (nSPS) is 11.1. The third-order valence-electron chi connectivity index (χ3n) is 4.60. The van der Waals surface area contributed by atoms with E-state index in [1.54, 1.807) is 24.3 Å². The van der Waals surface area contributed by atoms with Gasteiger partial charge < -0.3 is 10.7 Å². The van der Waals surface area contributed by atoms with E-state index < -0.39 is 15.9 Å². The molecule has 0 fully saturated rings. The fourth-order valence-corrected chi connectivity index (χ4v) is 4.85. The number of rotatable bonds is 7. The van der Waals surface area contributed by atoms with Gasteiger partial charge in [-0.2, -0.15) is 4.31 Å². The molecule has 0 bridgehead atoms. The van der Waals surface area contributed by atoms with Crippen molar-refractivity contribution in [3.63, 3.8) is 0 Å². The Hall–Kier alpha value is -1.71. The van der Waals surface area contributed by atoms with Crippen molar-refractivity contribution in [3.8, 4) is 0 Å². The van der Waals surface area contributed by atoms with Crippen LogP contribution in [0.1, 0.15) is 27.0 Å². The molecule has 3 aromatic rings. The Morgan fingerprint density at radius 2 is 1.45 bits per heavy atom. The molecule has 0 aliphatic heterocycles. The molecule has 1 N–H and O–H groups in total. The number of hydrogen-bond acceptors (Lipinski definition) is 4. The molecule has 31 heavy (non-hydrogen) atoms. The Labute approximate surface area is 209 Å². The molecule has 0 unspecified atom stereocenters. The first kappa shape index (κ1) is 25.5. The molecule has 3 rings (SSSR count). The summed E-state index contributed by atoms with van der Waals surface area (Å²) in [7, 11) is -3.90. The topological polar surface area (TPSA) is 89.5 Å². The molecule has 3 aromatic carbocycles. The fourth-order valence-electron chi connectivity index (χ4n) is 2.94. The average Bonchev–Trinajstić information content (AvgIpc) is 2.75. The minimum absolute atomic E-state index is 0. The van der Waals surface area contributed by atoms with Crippen molar-refractivity contribution in [2.45, 2.75) is 24.9 Å². The number of amides is 1. The predicted molar refractivity (Wildman–Crippen MR) is 116 cm³/mol. The van der Waals surface area contributed by atoms with Crippen LogP contribution in [0.5, 0.6) is 0 Å². The van der Waals surface area contributed by atoms with Gasteiger partial charge in [0.15, 0.2) is 0 Å². The van der Waals surface area contributed by atoms with Gasteiger partial charge in [-0.25, -0.2) is 8.42 Å². The maximum atomic E-state index is 13.4. The summed E-state index contributed by atoms with van der Waals surface area (Å²) in [6.45, 7) is 2.18. The number of nitrogens with one attached hydrogen (secondary N) is 1. The quantitative estimate of drug-likeness (QED) is 0.419. The van der Waals surface area contributed by atoms with Crippen molar-refractivity contribution < 1.29 is 42.8 Å². The first-order chi connectivity index (χ1) is 14.3. The van der Waals surface area contributed by atoms with Crippen LogP contribution in [0.15, 0.2) is 77.7 Å². The summed E-state index contributed by atoms with van der Waals surface area (Å²) in [4.78, 5) is 11.5. The molecule has 0 saturated heterocycles. The predicted octanol–water partition coefficient (Wildman–Crippen LogP) is 1.27. The third-order valence-corrected chi connectivity index (χ3v) is 6.89. The largest absolute Gasteiger partial charge is 1.00 e. The molecule has 0 aromatic heterocycles. The van der Waals surface area contributed by atoms with Crippen LogP contribution in [-0.4, -0.2) is 18.6 Å². The van der Waals surface area contributed by atoms with E-state index in [9.17, 15) is 18.4 Å². The smallest absolute Gasteiger partial charge is 0.759 e. The van der Waals surface area contributed by atoms with Gasteiger partial charge in [-0.15, -0.1) is 0 Å². The Balaban J connectivity index is 0.00000341. The van der Waals surface area contributed by atoms with Gasteiger partial charge in [0.2, 0.25) is 15.9 Å². The number of halogens is 1. The van der Waals surface area contributed by atoms with Gasteiger partial charge in [-0.05, 0) is 42.3 Å². The van der Waals surface area contributed by atoms with Gasteiger partial charge in [-0.1, -0.05) is 65.7 Å². The van der Waals surface area contributed by atoms with E-state index >= 15 is 0 Å². The molecule has 1 amide bonds. The summed E-state index contributed by atoms with van der Waals surface area (Å²) in [6.07, 6.45) is 0. The minimum Gasteiger partial charge on any atom is -0.759 e. The molecule has 0 atom stereocenters. The first-order valence-electron chi connectivity index (χ1n) is 9.13. The Morgan fingerprint density at radius 1 is 0.935 bits per heavy atom. The molecular weight excluding hydrogens is 447 g/mol. The van der Waals surface area contributed by atoms with Crippen molar-refractivity contribution in [2.24, 2.45) is 0 Å². The van der Waals surface area contributed by atoms with Crippen LogP contribution >= 0.6 is 11.6 Å². The molecule has 0 saturated carbocycles. The van der Waals surface area contributed by atoms with E-state index in [1.807, 2.05) is 31.2 Å². The Morgan fingerprint density at radius 3 is 1.97 bits per heavy atom. The summed E-state index contributed by atoms with van der Waals surface area (Å²) < 4.78 is 28.1. The number of nitrogens with zero attached hydrogens (tertiary/aromatic N) is 1. The second-order valence-corrected chi connectivity index (χ2v) is 9.13. The molecule has 0 radical (unpaired) electrons. The zero-order valence-electron chi connectivity index (χ0n) is 17.2. The van der Waals surface area contributed by atoms with Gasteiger partial charge in [0, 0.05) is 18.7 Å². The number of benzene rings is 3. The molecule has 0 spiro atoms. The number of carbonyl (C=O) groups is 1. The number of sulfonamides is 1. The Bertz CT molecular complexity index is 1140. The number of hydroxylamine groups is 1. The molecule has 0 aliphatic rings. The molecule has 0 heterocycles. The van der Waals surface area contributed by atoms with Gasteiger partial charge in [-0.3, -0.25) is 4.79 Å². The summed E-state index contributed by atoms with van der Waals surface area (Å²) in [5.74, 6) is -0.748. The summed E-state index contributed by atoms with van der Waals surface area (Å²) in [6, 6.07) is 20.1. The fraction of sp³-hybridized carbons (Fsp3) is 0.136. The van der Waals surface area contributed by atoms with E-state index in [2.05, 4.69) is 0 Å². The Kier molecular flexibility index (Phi) is 9.27. The van der Waals surface area contributed by atoms with Crippen LogP contribution in [0.4, 0.5) is 0 Å². The molecular formula is C22H20ClN2NaO4S. The van der Waals surface area contributed by atoms with Gasteiger partial charge in [0.05, 0.1) is 5.02 Å². The molecule has 0 aliphatic carbocycles. The zero-order valence-corrected chi connectivity index (χ0v) is 20.8. The van der Waals surface area contributed by atoms with Crippen LogP contribution in [0, 0.1) is 12.1 Å². The van der Waals surface area contributed by atoms with E-state index in [1.165, 1.54) is 34.1 Å². The maximum Gasteiger partial charge on any atom is 1.00 e. The summed E-state index contributed by atoms with van der Waals surface area (Å²) >= 11 is 6.17. The number of carbonyl (C=O) groups excluding carboxylic acids is 1. The van der Waals surface area contributed by atoms with Gasteiger partial charge in [0.1, 0.15) is 4.90 Å². The number of aryl methyl sites for hydroxylation is 1. The van der Waals surface area contributed by atoms with Crippen LogP contribution in [0.3, 0.4) is 0 Å². The van der Waals surface area contributed by atoms with Gasteiger partial charge in [0.25, 0.3) is 0 Å². The molecule has 6 nitrogen and oxygen atoms in total. The van der Waals surface area contributed by atoms with E-state index in [4.69, 9.17) is 11.6 Å². The van der Waals surface area contributed by atoms with E-state index in [0.29, 0.717) is 5.56 Å². The zero-order chi connectivity index (χ0) is 21.7. The van der Waals surface area contributed by atoms with Gasteiger partial charge >= 0.3 is 29.6 Å². The van der Waals surface area contributed by atoms with Crippen molar-refractivity contribution >= 4 is 27.5 Å². The van der Waals surface area contributed by atoms with Crippen molar-refractivity contribution in [2.75, 3.05) is 0 Å². The molecule has 9 heteroatoms. The third kappa shape index (κ3) is 6.40. The van der Waals surface area contributed by atoms with Crippen molar-refractivity contribution in [3.05, 3.63) is 105 Å². The summed E-state index contributed by atoms with van der Waals surface area (Å²) in [5.41, 5.74) is 4.10. The van der Waals surface area contributed by atoms with Crippen LogP contribution in [-0.2, 0) is 23.1 Å². The van der Waals surface area contributed by atoms with E-state index in [-0.39, 0.29) is 58.1 Å². The standard InChI is InChI=1S/C22H20ClN2O4S.Na/c1-16-6-8-17(9-7-16)14-25(30(28,29)21-5-3-2-4-20(21)23)15-18-10-12-19(13-11-18)22(26)24-27;/h2-13H,14-15H2,1H3,(H-,24,26,27);/q-1;+1. The summed E-state index contributed by atoms with van der Waals surface area (Å²) in [5, 5.41) is 10.7. The van der Waals surface area contributed by atoms with Crippen molar-refractivity contribution in [1.82, 2.24) is 9.79 Å². The van der Waals surface area contributed by atoms with Crippen LogP contribution in [0.2, 0.25) is 5.02 Å². The average molecular weight is 467 g/mol. The second kappa shape index (κ2) is 11.2. The van der Waals surface area contributed by atoms with Crippen molar-refractivity contribution in [1.29, 1.82) is 0 Å². The van der Waals surface area contributed by atoms with Crippen LogP contribution in [0.25, 0.3) is 0 Å². The van der Waals surface area contributed by atoms with Crippen LogP contribution < -0.4 is 35.0 Å². The maximum absolute atomic E-state index is 13.4. The van der Waals surface area contributed by atoms with E-state index in [0.717, 1.165) is 11.1 Å². The second-order valence-electron chi connectivity index (χ2n) is 6.82.